The van der Waals surface area contributed by atoms with Crippen molar-refractivity contribution in [3.05, 3.63) is 29.8 Å². The van der Waals surface area contributed by atoms with Crippen LogP contribution in [0.4, 0.5) is 5.82 Å². The number of nitrogens with zero attached hydrogens (tertiary/aromatic N) is 4. The number of rotatable bonds is 4. The second-order valence-corrected chi connectivity index (χ2v) is 5.12. The molecule has 0 saturated carbocycles. The molecule has 0 aliphatic carbocycles. The number of ether oxygens (including phenoxy) is 1. The Bertz CT molecular complexity index is 589. The zero-order chi connectivity index (χ0) is 13.9. The average Bonchev–Trinajstić information content (AvgIpc) is 3.06. The summed E-state index contributed by atoms with van der Waals surface area (Å²) in [6.45, 7) is 5.61. The third-order valence-corrected chi connectivity index (χ3v) is 3.38. The molecule has 2 aromatic rings. The lowest BCUT2D eigenvalue weighted by atomic mass is 10.2. The van der Waals surface area contributed by atoms with Gasteiger partial charge < -0.3 is 10.1 Å². The first-order chi connectivity index (χ1) is 9.72. The molecule has 0 spiro atoms. The highest BCUT2D eigenvalue weighted by Gasteiger charge is 2.15. The van der Waals surface area contributed by atoms with Gasteiger partial charge in [0, 0.05) is 18.8 Å². The molecule has 20 heavy (non-hydrogen) atoms. The lowest BCUT2D eigenvalue weighted by Gasteiger charge is -2.11. The molecule has 0 radical (unpaired) electrons. The van der Waals surface area contributed by atoms with Gasteiger partial charge in [0.2, 0.25) is 0 Å². The minimum absolute atomic E-state index is 0.286. The van der Waals surface area contributed by atoms with Crippen molar-refractivity contribution in [1.29, 1.82) is 0 Å². The zero-order valence-corrected chi connectivity index (χ0v) is 11.8. The lowest BCUT2D eigenvalue weighted by Crippen LogP contribution is -2.19. The highest BCUT2D eigenvalue weighted by atomic mass is 16.5. The van der Waals surface area contributed by atoms with Crippen molar-refractivity contribution in [3.8, 4) is 5.82 Å². The molecule has 1 aliphatic heterocycles. The van der Waals surface area contributed by atoms with Crippen LogP contribution in [0.3, 0.4) is 0 Å². The maximum Gasteiger partial charge on any atom is 0.174 e. The predicted octanol–water partition coefficient (Wildman–Crippen LogP) is 1.87. The monoisotopic (exact) mass is 273 g/mol. The van der Waals surface area contributed by atoms with Gasteiger partial charge in [0.15, 0.2) is 5.82 Å². The van der Waals surface area contributed by atoms with E-state index < -0.39 is 0 Å². The molecule has 2 aromatic heterocycles. The third kappa shape index (κ3) is 2.80. The summed E-state index contributed by atoms with van der Waals surface area (Å²) in [7, 11) is 0. The van der Waals surface area contributed by atoms with Crippen molar-refractivity contribution >= 4 is 5.82 Å². The van der Waals surface area contributed by atoms with Crippen LogP contribution >= 0.6 is 0 Å². The molecule has 1 fully saturated rings. The van der Waals surface area contributed by atoms with E-state index in [2.05, 4.69) is 20.4 Å². The number of aryl methyl sites for hydroxylation is 2. The first kappa shape index (κ1) is 13.1. The van der Waals surface area contributed by atoms with Crippen molar-refractivity contribution in [2.75, 3.05) is 18.5 Å². The Kier molecular flexibility index (Phi) is 3.64. The second-order valence-electron chi connectivity index (χ2n) is 5.12. The van der Waals surface area contributed by atoms with Gasteiger partial charge >= 0.3 is 0 Å². The van der Waals surface area contributed by atoms with Crippen LogP contribution in [-0.4, -0.2) is 39.0 Å². The van der Waals surface area contributed by atoms with Crippen LogP contribution < -0.4 is 5.32 Å². The van der Waals surface area contributed by atoms with E-state index in [9.17, 15) is 0 Å². The summed E-state index contributed by atoms with van der Waals surface area (Å²) in [6, 6.07) is 2.02. The van der Waals surface area contributed by atoms with E-state index >= 15 is 0 Å². The third-order valence-electron chi connectivity index (χ3n) is 3.38. The summed E-state index contributed by atoms with van der Waals surface area (Å²) in [5, 5.41) is 7.70. The van der Waals surface area contributed by atoms with Gasteiger partial charge in [0.05, 0.1) is 24.2 Å². The zero-order valence-electron chi connectivity index (χ0n) is 11.8. The fraction of sp³-hybridized carbons (Fsp3) is 0.500. The van der Waals surface area contributed by atoms with Crippen LogP contribution in [0.2, 0.25) is 0 Å². The Balaban J connectivity index is 1.73. The normalized spacial score (nSPS) is 18.4. The molecular formula is C14H19N5O. The van der Waals surface area contributed by atoms with E-state index in [1.165, 1.54) is 0 Å². The largest absolute Gasteiger partial charge is 0.376 e. The minimum atomic E-state index is 0.286. The van der Waals surface area contributed by atoms with Crippen LogP contribution in [0.25, 0.3) is 5.82 Å². The van der Waals surface area contributed by atoms with E-state index in [-0.39, 0.29) is 6.10 Å². The quantitative estimate of drug-likeness (QED) is 0.921. The predicted molar refractivity (Wildman–Crippen MR) is 76.1 cm³/mol. The molecule has 3 heterocycles. The molecule has 0 aromatic carbocycles. The molecular weight excluding hydrogens is 254 g/mol. The molecule has 1 saturated heterocycles. The SMILES string of the molecule is Cc1cc(C)n(-c2cncc(NC[C@@H]3CCCO3)n2)n1. The van der Waals surface area contributed by atoms with Crippen molar-refractivity contribution < 1.29 is 4.74 Å². The molecule has 1 aliphatic rings. The summed E-state index contributed by atoms with van der Waals surface area (Å²) in [5.74, 6) is 1.48. The maximum atomic E-state index is 5.58. The number of nitrogens with one attached hydrogen (secondary N) is 1. The van der Waals surface area contributed by atoms with Gasteiger partial charge in [-0.2, -0.15) is 5.10 Å². The van der Waals surface area contributed by atoms with Gasteiger partial charge in [-0.25, -0.2) is 9.67 Å². The average molecular weight is 273 g/mol. The fourth-order valence-electron chi connectivity index (χ4n) is 2.43. The Morgan fingerprint density at radius 2 is 2.30 bits per heavy atom. The number of hydrogen-bond acceptors (Lipinski definition) is 5. The van der Waals surface area contributed by atoms with Gasteiger partial charge in [-0.05, 0) is 32.8 Å². The minimum Gasteiger partial charge on any atom is -0.376 e. The van der Waals surface area contributed by atoms with Gasteiger partial charge in [-0.3, -0.25) is 4.98 Å². The van der Waals surface area contributed by atoms with Gasteiger partial charge in [-0.15, -0.1) is 0 Å². The summed E-state index contributed by atoms with van der Waals surface area (Å²) in [5.41, 5.74) is 2.02. The summed E-state index contributed by atoms with van der Waals surface area (Å²) >= 11 is 0. The van der Waals surface area contributed by atoms with Crippen LogP contribution in [0, 0.1) is 13.8 Å². The van der Waals surface area contributed by atoms with Crippen LogP contribution in [0.5, 0.6) is 0 Å². The molecule has 106 valence electrons. The smallest absolute Gasteiger partial charge is 0.174 e. The molecule has 0 amide bonds. The molecule has 6 nitrogen and oxygen atoms in total. The van der Waals surface area contributed by atoms with Gasteiger partial charge in [0.1, 0.15) is 5.82 Å². The van der Waals surface area contributed by atoms with Crippen LogP contribution in [-0.2, 0) is 4.74 Å². The van der Waals surface area contributed by atoms with Gasteiger partial charge in [-0.1, -0.05) is 0 Å². The molecule has 1 atom stereocenters. The molecule has 0 bridgehead atoms. The lowest BCUT2D eigenvalue weighted by molar-refractivity contribution is 0.120. The standard InChI is InChI=1S/C14H19N5O/c1-10-6-11(2)19(18-10)14-9-15-8-13(17-14)16-7-12-4-3-5-20-12/h6,8-9,12H,3-5,7H2,1-2H3,(H,16,17)/t12-/m0/s1. The van der Waals surface area contributed by atoms with E-state index in [1.54, 1.807) is 17.1 Å². The van der Waals surface area contributed by atoms with E-state index in [0.717, 1.165) is 49.0 Å². The number of aromatic nitrogens is 4. The van der Waals surface area contributed by atoms with Crippen molar-refractivity contribution in [2.45, 2.75) is 32.8 Å². The first-order valence-corrected chi connectivity index (χ1v) is 6.93. The second kappa shape index (κ2) is 5.58. The molecule has 6 heteroatoms. The fourth-order valence-corrected chi connectivity index (χ4v) is 2.43. The highest BCUT2D eigenvalue weighted by molar-refractivity contribution is 5.36. The van der Waals surface area contributed by atoms with Gasteiger partial charge in [0.25, 0.3) is 0 Å². The maximum absolute atomic E-state index is 5.58. The summed E-state index contributed by atoms with van der Waals surface area (Å²) < 4.78 is 7.39. The Morgan fingerprint density at radius 3 is 3.00 bits per heavy atom. The highest BCUT2D eigenvalue weighted by Crippen LogP contribution is 2.14. The van der Waals surface area contributed by atoms with E-state index in [0.29, 0.717) is 0 Å². The first-order valence-electron chi connectivity index (χ1n) is 6.93. The summed E-state index contributed by atoms with van der Waals surface area (Å²) in [4.78, 5) is 8.78. The summed E-state index contributed by atoms with van der Waals surface area (Å²) in [6.07, 6.45) is 5.98. The molecule has 3 rings (SSSR count). The Labute approximate surface area is 118 Å². The Morgan fingerprint density at radius 1 is 1.40 bits per heavy atom. The molecule has 0 unspecified atom stereocenters. The van der Waals surface area contributed by atoms with E-state index in [1.807, 2.05) is 19.9 Å². The van der Waals surface area contributed by atoms with Crippen molar-refractivity contribution in [3.63, 3.8) is 0 Å². The van der Waals surface area contributed by atoms with Crippen molar-refractivity contribution in [2.24, 2.45) is 0 Å². The Hall–Kier alpha value is -1.95. The van der Waals surface area contributed by atoms with Crippen molar-refractivity contribution in [1.82, 2.24) is 19.7 Å². The number of hydrogen-bond donors (Lipinski definition) is 1. The van der Waals surface area contributed by atoms with E-state index in [4.69, 9.17) is 4.74 Å². The topological polar surface area (TPSA) is 64.9 Å². The van der Waals surface area contributed by atoms with Crippen LogP contribution in [0.15, 0.2) is 18.5 Å². The van der Waals surface area contributed by atoms with Crippen LogP contribution in [0.1, 0.15) is 24.2 Å². The molecule has 1 N–H and O–H groups in total. The number of anilines is 1.